The summed E-state index contributed by atoms with van der Waals surface area (Å²) in [5.41, 5.74) is 1.19. The summed E-state index contributed by atoms with van der Waals surface area (Å²) < 4.78 is 28.3. The first-order valence-electron chi connectivity index (χ1n) is 9.20. The Morgan fingerprint density at radius 2 is 1.52 bits per heavy atom. The molecule has 0 saturated heterocycles. The minimum atomic E-state index is -3.81. The number of halogens is 2. The highest BCUT2D eigenvalue weighted by Crippen LogP contribution is 2.26. The maximum Gasteiger partial charge on any atom is 0.261 e. The van der Waals surface area contributed by atoms with Crippen LogP contribution in [0.1, 0.15) is 10.4 Å². The van der Waals surface area contributed by atoms with Crippen LogP contribution in [0.15, 0.2) is 89.8 Å². The number of rotatable bonds is 5. The van der Waals surface area contributed by atoms with E-state index in [0.29, 0.717) is 16.4 Å². The van der Waals surface area contributed by atoms with Crippen molar-refractivity contribution in [3.05, 3.63) is 101 Å². The number of carbonyl (C=O) groups excluding carboxylic acids is 1. The lowest BCUT2D eigenvalue weighted by Crippen LogP contribution is -2.14. The molecule has 0 aliphatic heterocycles. The van der Waals surface area contributed by atoms with Gasteiger partial charge < -0.3 is 5.32 Å². The number of sulfonamides is 1. The van der Waals surface area contributed by atoms with Crippen LogP contribution in [-0.4, -0.2) is 14.3 Å². The van der Waals surface area contributed by atoms with Crippen LogP contribution in [0.4, 0.5) is 11.4 Å². The van der Waals surface area contributed by atoms with Crippen molar-refractivity contribution in [3.63, 3.8) is 0 Å². The zero-order valence-electron chi connectivity index (χ0n) is 16.0. The molecule has 2 N–H and O–H groups in total. The molecule has 5 nitrogen and oxygen atoms in total. The molecule has 0 aliphatic carbocycles. The maximum absolute atomic E-state index is 12.8. The largest absolute Gasteiger partial charge is 0.322 e. The van der Waals surface area contributed by atoms with E-state index < -0.39 is 15.9 Å². The number of hydrogen-bond donors (Lipinski definition) is 2. The van der Waals surface area contributed by atoms with Gasteiger partial charge in [0.15, 0.2) is 0 Å². The van der Waals surface area contributed by atoms with E-state index in [2.05, 4.69) is 10.0 Å². The fourth-order valence-corrected chi connectivity index (χ4v) is 4.68. The van der Waals surface area contributed by atoms with E-state index in [9.17, 15) is 13.2 Å². The predicted molar refractivity (Wildman–Crippen MR) is 126 cm³/mol. The van der Waals surface area contributed by atoms with E-state index in [-0.39, 0.29) is 15.5 Å². The van der Waals surface area contributed by atoms with Crippen LogP contribution in [0.2, 0.25) is 10.0 Å². The van der Waals surface area contributed by atoms with Crippen molar-refractivity contribution < 1.29 is 13.2 Å². The van der Waals surface area contributed by atoms with Crippen LogP contribution in [0.25, 0.3) is 10.8 Å². The van der Waals surface area contributed by atoms with Gasteiger partial charge in [0, 0.05) is 16.1 Å². The van der Waals surface area contributed by atoms with Gasteiger partial charge >= 0.3 is 0 Å². The van der Waals surface area contributed by atoms with E-state index in [1.807, 2.05) is 30.3 Å². The minimum absolute atomic E-state index is 0.0722. The summed E-state index contributed by atoms with van der Waals surface area (Å²) in [6, 6.07) is 23.4. The summed E-state index contributed by atoms with van der Waals surface area (Å²) in [6.07, 6.45) is 0. The van der Waals surface area contributed by atoms with Crippen molar-refractivity contribution in [2.24, 2.45) is 0 Å². The smallest absolute Gasteiger partial charge is 0.261 e. The quantitative estimate of drug-likeness (QED) is 0.364. The van der Waals surface area contributed by atoms with Gasteiger partial charge in [0.2, 0.25) is 0 Å². The number of fused-ring (bicyclic) bond motifs is 1. The molecule has 0 unspecified atom stereocenters. The van der Waals surface area contributed by atoms with E-state index >= 15 is 0 Å². The lowest BCUT2D eigenvalue weighted by molar-refractivity contribution is 0.102. The number of amides is 1. The normalized spacial score (nSPS) is 11.3. The molecular formula is C23H16Cl2N2O3S. The maximum atomic E-state index is 12.8. The second-order valence-corrected chi connectivity index (χ2v) is 9.26. The highest BCUT2D eigenvalue weighted by Gasteiger charge is 2.16. The first-order valence-corrected chi connectivity index (χ1v) is 11.4. The molecule has 4 aromatic carbocycles. The van der Waals surface area contributed by atoms with Gasteiger partial charge in [0.1, 0.15) is 0 Å². The molecule has 0 bridgehead atoms. The van der Waals surface area contributed by atoms with E-state index in [1.165, 1.54) is 36.4 Å². The van der Waals surface area contributed by atoms with Gasteiger partial charge in [0.05, 0.1) is 21.2 Å². The van der Waals surface area contributed by atoms with Crippen molar-refractivity contribution >= 4 is 61.3 Å². The number of benzene rings is 4. The summed E-state index contributed by atoms with van der Waals surface area (Å²) in [5, 5.41) is 5.08. The highest BCUT2D eigenvalue weighted by atomic mass is 35.5. The standard InChI is InChI=1S/C23H16Cl2N2O3S/c24-16-8-13-20(21(25)14-16)23(28)26-17-9-11-18(12-10-17)31(29,30)27-22-7-3-5-15-4-1-2-6-19(15)22/h1-14,27H,(H,26,28). The van der Waals surface area contributed by atoms with Gasteiger partial charge in [-0.05, 0) is 53.9 Å². The number of anilines is 2. The fourth-order valence-electron chi connectivity index (χ4n) is 3.11. The molecule has 4 rings (SSSR count). The van der Waals surface area contributed by atoms with Gasteiger partial charge in [-0.1, -0.05) is 59.6 Å². The lowest BCUT2D eigenvalue weighted by Gasteiger charge is -2.12. The lowest BCUT2D eigenvalue weighted by atomic mass is 10.1. The van der Waals surface area contributed by atoms with Crippen LogP contribution in [0, 0.1) is 0 Å². The third-order valence-corrected chi connectivity index (χ3v) is 6.56. The molecule has 0 fully saturated rings. The zero-order valence-corrected chi connectivity index (χ0v) is 18.3. The second kappa shape index (κ2) is 8.59. The Morgan fingerprint density at radius 3 is 2.26 bits per heavy atom. The molecule has 31 heavy (non-hydrogen) atoms. The average Bonchev–Trinajstić information content (AvgIpc) is 2.74. The Kier molecular flexibility index (Phi) is 5.87. The summed E-state index contributed by atoms with van der Waals surface area (Å²) in [4.78, 5) is 12.5. The van der Waals surface area contributed by atoms with E-state index in [1.54, 1.807) is 18.2 Å². The van der Waals surface area contributed by atoms with Crippen LogP contribution in [-0.2, 0) is 10.0 Å². The zero-order chi connectivity index (χ0) is 22.0. The SMILES string of the molecule is O=C(Nc1ccc(S(=O)(=O)Nc2cccc3ccccc23)cc1)c1ccc(Cl)cc1Cl. The molecular weight excluding hydrogens is 455 g/mol. The molecule has 0 spiro atoms. The summed E-state index contributed by atoms with van der Waals surface area (Å²) >= 11 is 11.9. The molecule has 0 aliphatic rings. The summed E-state index contributed by atoms with van der Waals surface area (Å²) in [5.74, 6) is -0.425. The Hall–Kier alpha value is -3.06. The first kappa shape index (κ1) is 21.2. The van der Waals surface area contributed by atoms with Gasteiger partial charge in [-0.2, -0.15) is 0 Å². The van der Waals surface area contributed by atoms with Gasteiger partial charge in [-0.25, -0.2) is 8.42 Å². The van der Waals surface area contributed by atoms with Crippen molar-refractivity contribution in [1.29, 1.82) is 0 Å². The number of hydrogen-bond acceptors (Lipinski definition) is 3. The molecule has 8 heteroatoms. The van der Waals surface area contributed by atoms with Crippen molar-refractivity contribution in [3.8, 4) is 0 Å². The summed E-state index contributed by atoms with van der Waals surface area (Å²) in [6.45, 7) is 0. The van der Waals surface area contributed by atoms with Crippen molar-refractivity contribution in [1.82, 2.24) is 0 Å². The van der Waals surface area contributed by atoms with Crippen LogP contribution in [0.5, 0.6) is 0 Å². The van der Waals surface area contributed by atoms with E-state index in [0.717, 1.165) is 10.8 Å². The molecule has 156 valence electrons. The Balaban J connectivity index is 1.53. The average molecular weight is 471 g/mol. The molecule has 1 amide bonds. The Labute approximate surface area is 189 Å². The number of carbonyl (C=O) groups is 1. The molecule has 4 aromatic rings. The van der Waals surface area contributed by atoms with Crippen LogP contribution >= 0.6 is 23.2 Å². The van der Waals surface area contributed by atoms with Gasteiger partial charge in [-0.15, -0.1) is 0 Å². The van der Waals surface area contributed by atoms with Crippen molar-refractivity contribution in [2.75, 3.05) is 10.0 Å². The minimum Gasteiger partial charge on any atom is -0.322 e. The molecule has 0 atom stereocenters. The van der Waals surface area contributed by atoms with Crippen LogP contribution < -0.4 is 10.0 Å². The van der Waals surface area contributed by atoms with Gasteiger partial charge in [0.25, 0.3) is 15.9 Å². The number of nitrogens with one attached hydrogen (secondary N) is 2. The molecule has 0 heterocycles. The van der Waals surface area contributed by atoms with Gasteiger partial charge in [-0.3, -0.25) is 9.52 Å². The third kappa shape index (κ3) is 4.66. The predicted octanol–water partition coefficient (Wildman–Crippen LogP) is 6.20. The first-order chi connectivity index (χ1) is 14.8. The summed E-state index contributed by atoms with van der Waals surface area (Å²) in [7, 11) is -3.81. The monoisotopic (exact) mass is 470 g/mol. The topological polar surface area (TPSA) is 75.3 Å². The molecule has 0 saturated carbocycles. The highest BCUT2D eigenvalue weighted by molar-refractivity contribution is 7.92. The molecule has 0 aromatic heterocycles. The second-order valence-electron chi connectivity index (χ2n) is 6.73. The fraction of sp³-hybridized carbons (Fsp3) is 0. The van der Waals surface area contributed by atoms with Crippen LogP contribution in [0.3, 0.4) is 0 Å². The van der Waals surface area contributed by atoms with E-state index in [4.69, 9.17) is 23.2 Å². The third-order valence-electron chi connectivity index (χ3n) is 4.63. The Morgan fingerprint density at radius 1 is 0.806 bits per heavy atom. The Bertz CT molecular complexity index is 1380. The molecule has 0 radical (unpaired) electrons. The van der Waals surface area contributed by atoms with Crippen molar-refractivity contribution in [2.45, 2.75) is 4.90 Å².